The Bertz CT molecular complexity index is 1210. The van der Waals surface area contributed by atoms with Gasteiger partial charge in [0, 0.05) is 18.7 Å². The average molecular weight is 498 g/mol. The summed E-state index contributed by atoms with van der Waals surface area (Å²) < 4.78 is 21.0. The molecule has 3 rings (SSSR count). The van der Waals surface area contributed by atoms with Gasteiger partial charge in [0.15, 0.2) is 11.4 Å². The third-order valence-corrected chi connectivity index (χ3v) is 6.06. The van der Waals surface area contributed by atoms with Gasteiger partial charge in [-0.15, -0.1) is 0 Å². The lowest BCUT2D eigenvalue weighted by molar-refractivity contribution is 0.0917. The van der Waals surface area contributed by atoms with Crippen LogP contribution < -0.4 is 21.1 Å². The molecule has 3 aromatic rings. The van der Waals surface area contributed by atoms with E-state index < -0.39 is 18.0 Å². The molecule has 4 N–H and O–H groups in total. The number of amides is 2. The van der Waals surface area contributed by atoms with Crippen LogP contribution in [0.2, 0.25) is 0 Å². The molecule has 0 aliphatic carbocycles. The molecule has 0 aliphatic rings. The van der Waals surface area contributed by atoms with Gasteiger partial charge < -0.3 is 19.9 Å². The second-order valence-electron chi connectivity index (χ2n) is 8.99. The van der Waals surface area contributed by atoms with E-state index in [-0.39, 0.29) is 17.7 Å². The summed E-state index contributed by atoms with van der Waals surface area (Å²) in [5.41, 5.74) is 8.50. The second-order valence-corrected chi connectivity index (χ2v) is 8.99. The summed E-state index contributed by atoms with van der Waals surface area (Å²) in [4.78, 5) is 31.0. The summed E-state index contributed by atoms with van der Waals surface area (Å²) in [6, 6.07) is 7.23. The predicted octanol–water partition coefficient (Wildman–Crippen LogP) is 4.91. The van der Waals surface area contributed by atoms with Crippen molar-refractivity contribution in [2.45, 2.75) is 72.1 Å². The maximum absolute atomic E-state index is 13.4. The molecule has 0 aliphatic heterocycles. The minimum atomic E-state index is -0.686. The van der Waals surface area contributed by atoms with Crippen LogP contribution in [0.3, 0.4) is 0 Å². The number of aryl methyl sites for hydroxylation is 2. The first-order valence-electron chi connectivity index (χ1n) is 12.5. The largest absolute Gasteiger partial charge is 0.471 e. The highest BCUT2D eigenvalue weighted by Gasteiger charge is 2.27. The topological polar surface area (TPSA) is 111 Å². The zero-order valence-electron chi connectivity index (χ0n) is 21.7. The number of nitrogens with two attached hydrogens (primary N) is 1. The molecule has 0 bridgehead atoms. The fourth-order valence-electron chi connectivity index (χ4n) is 4.30. The van der Waals surface area contributed by atoms with Crippen molar-refractivity contribution < 1.29 is 18.7 Å². The van der Waals surface area contributed by atoms with Crippen LogP contribution in [0, 0.1) is 5.82 Å². The third kappa shape index (κ3) is 6.02. The van der Waals surface area contributed by atoms with Gasteiger partial charge >= 0.3 is 0 Å². The van der Waals surface area contributed by atoms with Crippen molar-refractivity contribution in [3.63, 3.8) is 0 Å². The molecule has 1 unspecified atom stereocenters. The number of hydrogen-bond acceptors (Lipinski definition) is 5. The van der Waals surface area contributed by atoms with Gasteiger partial charge in [0.1, 0.15) is 23.4 Å². The Labute approximate surface area is 211 Å². The summed E-state index contributed by atoms with van der Waals surface area (Å²) in [7, 11) is 1.79. The van der Waals surface area contributed by atoms with Gasteiger partial charge in [-0.25, -0.2) is 9.37 Å². The summed E-state index contributed by atoms with van der Waals surface area (Å²) in [6.45, 7) is 7.81. The van der Waals surface area contributed by atoms with Gasteiger partial charge in [0.25, 0.3) is 11.8 Å². The predicted molar refractivity (Wildman–Crippen MR) is 140 cm³/mol. The number of hydrogen-bond donors (Lipinski definition) is 3. The minimum Gasteiger partial charge on any atom is -0.471 e. The standard InChI is InChI=1S/C27H36FN5O3/c1-6-9-20(10-7-2)30-27(35)23-24(36-16(4)29)22-21(33(23)5)15-17(8-3)25(31-22)32-26(34)18-11-13-19(28)14-12-18/h11-16,20H,6-10,29H2,1-5H3,(H,30,35)(H,31,32,34). The first kappa shape index (κ1) is 27.1. The van der Waals surface area contributed by atoms with E-state index in [1.54, 1.807) is 18.5 Å². The molecule has 8 nitrogen and oxygen atoms in total. The Balaban J connectivity index is 2.08. The maximum Gasteiger partial charge on any atom is 0.272 e. The van der Waals surface area contributed by atoms with Crippen molar-refractivity contribution in [3.8, 4) is 5.75 Å². The van der Waals surface area contributed by atoms with E-state index in [2.05, 4.69) is 24.5 Å². The monoisotopic (exact) mass is 497 g/mol. The van der Waals surface area contributed by atoms with E-state index in [0.29, 0.717) is 34.5 Å². The highest BCUT2D eigenvalue weighted by Crippen LogP contribution is 2.35. The number of carbonyl (C=O) groups excluding carboxylic acids is 2. The number of ether oxygens (including phenoxy) is 1. The lowest BCUT2D eigenvalue weighted by Gasteiger charge is -2.18. The molecule has 0 spiro atoms. The van der Waals surface area contributed by atoms with Crippen molar-refractivity contribution in [3.05, 3.63) is 53.0 Å². The molecular formula is C27H36FN5O3. The normalized spacial score (nSPS) is 12.1. The first-order valence-corrected chi connectivity index (χ1v) is 12.5. The van der Waals surface area contributed by atoms with Crippen LogP contribution in [0.5, 0.6) is 5.75 Å². The zero-order chi connectivity index (χ0) is 26.4. The number of aromatic nitrogens is 2. The Kier molecular flexibility index (Phi) is 9.03. The number of pyridine rings is 1. The molecular weight excluding hydrogens is 461 g/mol. The highest BCUT2D eigenvalue weighted by molar-refractivity contribution is 6.06. The Morgan fingerprint density at radius 2 is 1.75 bits per heavy atom. The van der Waals surface area contributed by atoms with Crippen LogP contribution in [0.15, 0.2) is 30.3 Å². The Hall–Kier alpha value is -3.46. The van der Waals surface area contributed by atoms with Crippen LogP contribution in [0.4, 0.5) is 10.2 Å². The van der Waals surface area contributed by atoms with Crippen molar-refractivity contribution in [2.24, 2.45) is 12.8 Å². The molecule has 36 heavy (non-hydrogen) atoms. The fourth-order valence-corrected chi connectivity index (χ4v) is 4.30. The number of halogens is 1. The summed E-state index contributed by atoms with van der Waals surface area (Å²) in [5.74, 6) is -0.476. The molecule has 0 fully saturated rings. The van der Waals surface area contributed by atoms with E-state index in [1.807, 2.05) is 13.0 Å². The lowest BCUT2D eigenvalue weighted by atomic mass is 10.1. The van der Waals surface area contributed by atoms with E-state index >= 15 is 0 Å². The number of carbonyl (C=O) groups is 2. The van der Waals surface area contributed by atoms with E-state index in [4.69, 9.17) is 15.5 Å². The van der Waals surface area contributed by atoms with Gasteiger partial charge in [0.05, 0.1) is 5.52 Å². The van der Waals surface area contributed by atoms with Gasteiger partial charge in [-0.05, 0) is 62.1 Å². The van der Waals surface area contributed by atoms with Crippen molar-refractivity contribution >= 4 is 28.7 Å². The van der Waals surface area contributed by atoms with Gasteiger partial charge in [0.2, 0.25) is 0 Å². The summed E-state index contributed by atoms with van der Waals surface area (Å²) in [5, 5.41) is 5.97. The van der Waals surface area contributed by atoms with Gasteiger partial charge in [-0.3, -0.25) is 15.3 Å². The summed E-state index contributed by atoms with van der Waals surface area (Å²) in [6.07, 6.45) is 3.58. The van der Waals surface area contributed by atoms with Crippen molar-refractivity contribution in [1.82, 2.24) is 14.9 Å². The quantitative estimate of drug-likeness (QED) is 0.326. The molecule has 2 amide bonds. The van der Waals surface area contributed by atoms with Crippen LogP contribution in [0.1, 0.15) is 79.8 Å². The van der Waals surface area contributed by atoms with Crippen LogP contribution in [-0.2, 0) is 13.5 Å². The number of nitrogens with zero attached hydrogens (tertiary/aromatic N) is 2. The number of rotatable bonds is 11. The fraction of sp³-hybridized carbons (Fsp3) is 0.444. The lowest BCUT2D eigenvalue weighted by Crippen LogP contribution is -2.36. The summed E-state index contributed by atoms with van der Waals surface area (Å²) >= 11 is 0. The number of nitrogens with one attached hydrogen (secondary N) is 2. The highest BCUT2D eigenvalue weighted by atomic mass is 19.1. The maximum atomic E-state index is 13.4. The first-order chi connectivity index (χ1) is 17.2. The molecule has 9 heteroatoms. The minimum absolute atomic E-state index is 0.0541. The number of fused-ring (bicyclic) bond motifs is 1. The Morgan fingerprint density at radius 1 is 1.11 bits per heavy atom. The molecule has 0 radical (unpaired) electrons. The van der Waals surface area contributed by atoms with Crippen molar-refractivity contribution in [1.29, 1.82) is 0 Å². The number of benzene rings is 1. The molecule has 2 heterocycles. The van der Waals surface area contributed by atoms with Crippen LogP contribution in [-0.4, -0.2) is 33.6 Å². The SMILES string of the molecule is CCCC(CCC)NC(=O)c1c(OC(C)N)c2nc(NC(=O)c3ccc(F)cc3)c(CC)cc2n1C. The zero-order valence-corrected chi connectivity index (χ0v) is 21.7. The van der Waals surface area contributed by atoms with E-state index in [0.717, 1.165) is 31.2 Å². The molecule has 194 valence electrons. The number of anilines is 1. The molecule has 1 atom stereocenters. The average Bonchev–Trinajstić information content (AvgIpc) is 3.09. The van der Waals surface area contributed by atoms with Gasteiger partial charge in [-0.1, -0.05) is 33.6 Å². The molecule has 0 saturated heterocycles. The molecule has 2 aromatic heterocycles. The Morgan fingerprint density at radius 3 is 2.31 bits per heavy atom. The second kappa shape index (κ2) is 12.0. The van der Waals surface area contributed by atoms with Crippen molar-refractivity contribution in [2.75, 3.05) is 5.32 Å². The van der Waals surface area contributed by atoms with Gasteiger partial charge in [-0.2, -0.15) is 0 Å². The van der Waals surface area contributed by atoms with Crippen LogP contribution in [0.25, 0.3) is 11.0 Å². The molecule has 1 aromatic carbocycles. The smallest absolute Gasteiger partial charge is 0.272 e. The third-order valence-electron chi connectivity index (χ3n) is 6.06. The van der Waals surface area contributed by atoms with E-state index in [1.165, 1.54) is 24.3 Å². The van der Waals surface area contributed by atoms with Crippen LogP contribution >= 0.6 is 0 Å². The van der Waals surface area contributed by atoms with E-state index in [9.17, 15) is 14.0 Å². The molecule has 0 saturated carbocycles.